The summed E-state index contributed by atoms with van der Waals surface area (Å²) >= 11 is 0. The van der Waals surface area contributed by atoms with Crippen molar-refractivity contribution in [1.29, 1.82) is 0 Å². The Bertz CT molecular complexity index is 935. The topological polar surface area (TPSA) is 70.0 Å². The summed E-state index contributed by atoms with van der Waals surface area (Å²) in [5, 5.41) is 1.29. The van der Waals surface area contributed by atoms with Gasteiger partial charge in [-0.25, -0.2) is 4.31 Å². The molecule has 112 valence electrons. The standard InChI is InChI=1S/C16H14N2O3S/c19-22(20,21)18-11-14-8-4-5-9-16(14)17-15(12-18)10-13-6-2-1-3-7-13/h1-9,11-12H,10H2,(H,19,20,21). The quantitative estimate of drug-likeness (QED) is 0.867. The van der Waals surface area contributed by atoms with E-state index in [1.807, 2.05) is 36.4 Å². The molecule has 3 rings (SSSR count). The predicted octanol–water partition coefficient (Wildman–Crippen LogP) is 1.25. The molecule has 1 aliphatic rings. The van der Waals surface area contributed by atoms with E-state index in [2.05, 4.69) is 4.99 Å². The molecule has 0 saturated carbocycles. The van der Waals surface area contributed by atoms with Gasteiger partial charge in [0, 0.05) is 24.0 Å². The van der Waals surface area contributed by atoms with Crippen LogP contribution in [0.1, 0.15) is 5.56 Å². The Balaban J connectivity index is 2.12. The molecule has 1 aliphatic heterocycles. The highest BCUT2D eigenvalue weighted by molar-refractivity contribution is 7.83. The minimum atomic E-state index is -4.38. The normalized spacial score (nSPS) is 14.2. The lowest BCUT2D eigenvalue weighted by Crippen LogP contribution is -2.28. The van der Waals surface area contributed by atoms with E-state index >= 15 is 0 Å². The second-order valence-electron chi connectivity index (χ2n) is 4.89. The van der Waals surface area contributed by atoms with Gasteiger partial charge in [0.2, 0.25) is 0 Å². The van der Waals surface area contributed by atoms with Crippen LogP contribution in [0.4, 0.5) is 0 Å². The zero-order valence-electron chi connectivity index (χ0n) is 11.6. The van der Waals surface area contributed by atoms with Crippen LogP contribution < -0.4 is 10.6 Å². The smallest absolute Gasteiger partial charge is 0.269 e. The number of rotatable bonds is 3. The highest BCUT2D eigenvalue weighted by atomic mass is 32.2. The second kappa shape index (κ2) is 5.75. The molecule has 6 heteroatoms. The van der Waals surface area contributed by atoms with E-state index in [9.17, 15) is 13.0 Å². The highest BCUT2D eigenvalue weighted by Gasteiger charge is 2.15. The van der Waals surface area contributed by atoms with E-state index < -0.39 is 10.3 Å². The Labute approximate surface area is 128 Å². The fourth-order valence-corrected chi connectivity index (χ4v) is 2.73. The molecule has 2 aromatic carbocycles. The molecule has 0 fully saturated rings. The van der Waals surface area contributed by atoms with E-state index in [0.29, 0.717) is 22.7 Å². The molecule has 0 unspecified atom stereocenters. The van der Waals surface area contributed by atoms with Gasteiger partial charge in [0.1, 0.15) is 0 Å². The van der Waals surface area contributed by atoms with Crippen LogP contribution in [0.3, 0.4) is 0 Å². The molecule has 1 N–H and O–H groups in total. The van der Waals surface area contributed by atoms with Crippen molar-refractivity contribution in [2.45, 2.75) is 6.42 Å². The van der Waals surface area contributed by atoms with Crippen molar-refractivity contribution in [3.63, 3.8) is 0 Å². The zero-order valence-corrected chi connectivity index (χ0v) is 12.4. The predicted molar refractivity (Wildman–Crippen MR) is 83.3 cm³/mol. The number of nitrogens with zero attached hydrogens (tertiary/aromatic N) is 2. The summed E-state index contributed by atoms with van der Waals surface area (Å²) in [4.78, 5) is 4.51. The Morgan fingerprint density at radius 1 is 0.955 bits per heavy atom. The van der Waals surface area contributed by atoms with Crippen LogP contribution >= 0.6 is 0 Å². The monoisotopic (exact) mass is 314 g/mol. The first-order valence-corrected chi connectivity index (χ1v) is 8.08. The van der Waals surface area contributed by atoms with Gasteiger partial charge in [-0.2, -0.15) is 8.42 Å². The van der Waals surface area contributed by atoms with Gasteiger partial charge >= 0.3 is 10.3 Å². The molecule has 0 radical (unpaired) electrons. The van der Waals surface area contributed by atoms with Gasteiger partial charge in [-0.05, 0) is 11.6 Å². The van der Waals surface area contributed by atoms with Gasteiger partial charge in [-0.3, -0.25) is 9.55 Å². The average molecular weight is 314 g/mol. The molecule has 2 aromatic rings. The molecule has 0 amide bonds. The molecule has 1 heterocycles. The molecule has 5 nitrogen and oxygen atoms in total. The van der Waals surface area contributed by atoms with E-state index in [4.69, 9.17) is 0 Å². The van der Waals surface area contributed by atoms with Gasteiger partial charge in [-0.15, -0.1) is 0 Å². The summed E-state index contributed by atoms with van der Waals surface area (Å²) < 4.78 is 33.2. The molecular weight excluding hydrogens is 300 g/mol. The van der Waals surface area contributed by atoms with E-state index in [0.717, 1.165) is 9.87 Å². The molecule has 0 aromatic heterocycles. The minimum absolute atomic E-state index is 0.467. The van der Waals surface area contributed by atoms with Crippen molar-refractivity contribution in [3.05, 3.63) is 82.6 Å². The van der Waals surface area contributed by atoms with Crippen LogP contribution in [0, 0.1) is 0 Å². The van der Waals surface area contributed by atoms with Crippen LogP contribution in [0.5, 0.6) is 0 Å². The first kappa shape index (κ1) is 14.5. The molecule has 0 atom stereocenters. The van der Waals surface area contributed by atoms with Crippen LogP contribution in [0.2, 0.25) is 0 Å². The third-order valence-electron chi connectivity index (χ3n) is 3.24. The fourth-order valence-electron chi connectivity index (χ4n) is 2.23. The number of allylic oxidation sites excluding steroid dienone is 1. The van der Waals surface area contributed by atoms with Crippen molar-refractivity contribution in [1.82, 2.24) is 4.31 Å². The van der Waals surface area contributed by atoms with Gasteiger partial charge in [0.25, 0.3) is 0 Å². The van der Waals surface area contributed by atoms with Crippen molar-refractivity contribution in [2.75, 3.05) is 0 Å². The van der Waals surface area contributed by atoms with Crippen molar-refractivity contribution < 1.29 is 13.0 Å². The number of hydrogen-bond acceptors (Lipinski definition) is 3. The minimum Gasteiger partial charge on any atom is -0.269 e. The largest absolute Gasteiger partial charge is 0.363 e. The first-order valence-electron chi connectivity index (χ1n) is 6.68. The second-order valence-corrected chi connectivity index (χ2v) is 6.21. The molecule has 0 spiro atoms. The maximum absolute atomic E-state index is 11.5. The van der Waals surface area contributed by atoms with Crippen molar-refractivity contribution in [2.24, 2.45) is 4.99 Å². The Kier molecular flexibility index (Phi) is 3.79. The van der Waals surface area contributed by atoms with Gasteiger partial charge in [0.05, 0.1) is 11.1 Å². The molecule has 0 saturated heterocycles. The molecule has 0 aliphatic carbocycles. The SMILES string of the molecule is O=S(=O)(O)N1C=C(Cc2ccccc2)N=c2ccccc2=C1. The van der Waals surface area contributed by atoms with Crippen LogP contribution in [-0.4, -0.2) is 17.3 Å². The van der Waals surface area contributed by atoms with Crippen molar-refractivity contribution in [3.8, 4) is 0 Å². The van der Waals surface area contributed by atoms with E-state index in [-0.39, 0.29) is 0 Å². The summed E-state index contributed by atoms with van der Waals surface area (Å²) in [5.74, 6) is 0. The number of benzene rings is 2. The van der Waals surface area contributed by atoms with Gasteiger partial charge < -0.3 is 0 Å². The first-order chi connectivity index (χ1) is 10.5. The number of para-hydroxylation sites is 1. The lowest BCUT2D eigenvalue weighted by molar-refractivity contribution is 0.445. The maximum atomic E-state index is 11.5. The summed E-state index contributed by atoms with van der Waals surface area (Å²) in [6.07, 6.45) is 3.16. The zero-order chi connectivity index (χ0) is 15.6. The number of fused-ring (bicyclic) bond motifs is 1. The van der Waals surface area contributed by atoms with E-state index in [1.54, 1.807) is 18.2 Å². The molecule has 0 bridgehead atoms. The van der Waals surface area contributed by atoms with E-state index in [1.165, 1.54) is 12.4 Å². The fraction of sp³-hybridized carbons (Fsp3) is 0.0625. The Hall–Kier alpha value is -2.44. The average Bonchev–Trinajstić information content (AvgIpc) is 2.67. The summed E-state index contributed by atoms with van der Waals surface area (Å²) in [6.45, 7) is 0. The molecular formula is C16H14N2O3S. The van der Waals surface area contributed by atoms with Gasteiger partial charge in [-0.1, -0.05) is 48.5 Å². The van der Waals surface area contributed by atoms with Gasteiger partial charge in [0.15, 0.2) is 0 Å². The van der Waals surface area contributed by atoms with Crippen LogP contribution in [-0.2, 0) is 16.7 Å². The van der Waals surface area contributed by atoms with Crippen LogP contribution in [0.25, 0.3) is 6.20 Å². The number of hydrogen-bond donors (Lipinski definition) is 1. The summed E-state index contributed by atoms with van der Waals surface area (Å²) in [7, 11) is -4.38. The summed E-state index contributed by atoms with van der Waals surface area (Å²) in [5.41, 5.74) is 1.55. The van der Waals surface area contributed by atoms with Crippen LogP contribution in [0.15, 0.2) is 71.5 Å². The summed E-state index contributed by atoms with van der Waals surface area (Å²) in [6, 6.07) is 16.8. The maximum Gasteiger partial charge on any atom is 0.363 e. The third-order valence-corrected chi connectivity index (χ3v) is 3.98. The lowest BCUT2D eigenvalue weighted by atomic mass is 10.1. The lowest BCUT2D eigenvalue weighted by Gasteiger charge is -2.11. The van der Waals surface area contributed by atoms with Crippen molar-refractivity contribution >= 4 is 16.5 Å². The highest BCUT2D eigenvalue weighted by Crippen LogP contribution is 2.13. The third kappa shape index (κ3) is 3.24. The Morgan fingerprint density at radius 3 is 2.36 bits per heavy atom. The Morgan fingerprint density at radius 2 is 1.64 bits per heavy atom. The molecule has 22 heavy (non-hydrogen) atoms.